The zero-order valence-electron chi connectivity index (χ0n) is 62.9. The average Bonchev–Trinajstić information content (AvgIpc) is 1.54. The molecule has 16 aromatic carbocycles. The topological polar surface area (TPSA) is 46.0 Å². The van der Waals surface area contributed by atoms with E-state index in [0.717, 1.165) is 111 Å². The van der Waals surface area contributed by atoms with Gasteiger partial charge in [0.2, 0.25) is 0 Å². The monoisotopic (exact) mass is 1460 g/mol. The normalized spacial score (nSPS) is 15.0. The van der Waals surface area contributed by atoms with Gasteiger partial charge in [0, 0.05) is 104 Å². The second-order valence-electron chi connectivity index (χ2n) is 33.2. The minimum atomic E-state index is 0.0545. The fourth-order valence-electron chi connectivity index (χ4n) is 22.4. The third-order valence-corrected chi connectivity index (χ3v) is 27.5. The number of fused-ring (bicyclic) bond motifs is 28. The van der Waals surface area contributed by atoms with Crippen molar-refractivity contribution >= 4 is 131 Å². The molecule has 114 heavy (non-hydrogen) atoms. The second kappa shape index (κ2) is 23.5. The minimum Gasteiger partial charge on any atom is -0.456 e. The van der Waals surface area contributed by atoms with E-state index in [1.54, 1.807) is 0 Å². The molecule has 0 unspecified atom stereocenters. The molecule has 6 heterocycles. The lowest BCUT2D eigenvalue weighted by Crippen LogP contribution is -2.27. The summed E-state index contributed by atoms with van der Waals surface area (Å²) in [6, 6.07) is 124. The van der Waals surface area contributed by atoms with Crippen LogP contribution in [0.25, 0.3) is 209 Å². The van der Waals surface area contributed by atoms with Crippen LogP contribution in [-0.4, -0.2) is 18.3 Å². The summed E-state index contributed by atoms with van der Waals surface area (Å²) in [7, 11) is 0. The van der Waals surface area contributed by atoms with E-state index in [1.807, 2.05) is 0 Å². The molecular weight excluding hydrogens is 1390 g/mol. The Kier molecular flexibility index (Phi) is 13.0. The Morgan fingerprint density at radius 2 is 0.526 bits per heavy atom. The average molecular weight is 1460 g/mol. The summed E-state index contributed by atoms with van der Waals surface area (Å²) in [6.07, 6.45) is 12.5. The van der Waals surface area contributed by atoms with Gasteiger partial charge in [-0.25, -0.2) is 0 Å². The van der Waals surface area contributed by atoms with Crippen LogP contribution in [0.1, 0.15) is 86.5 Å². The molecular formula is C108H74N4O2. The third-order valence-electron chi connectivity index (χ3n) is 27.5. The molecule has 0 saturated heterocycles. The maximum Gasteiger partial charge on any atom is 0.137 e. The fourth-order valence-corrected chi connectivity index (χ4v) is 22.4. The number of hydrogen-bond donors (Lipinski definition) is 0. The SMILES string of the molecule is c1ccc(-n2c3cc(-c4ccc5c6cc(-c7ccc8c9ccc(-c%10ccc%11c%12cc%13c(cc%12n(-c%12ccccc%12)c%11c%10)-c%10ccccc%10C%13%10CCCCC%10)cc9n(-c9ccc%10c(c9)oc9ccccc9%10)c8c7)ccc6n(-c6ccc7oc8ccccc8c7c6)c5c4)ccc3c3cc4c(cc32)-c2ccccc2C42CCCCC2)cc1. The maximum absolute atomic E-state index is 6.73. The van der Waals surface area contributed by atoms with Crippen molar-refractivity contribution in [3.8, 4) is 78.4 Å². The highest BCUT2D eigenvalue weighted by Crippen LogP contribution is 2.60. The predicted octanol–water partition coefficient (Wildman–Crippen LogP) is 29.3. The zero-order chi connectivity index (χ0) is 74.2. The first kappa shape index (κ1) is 63.0. The Balaban J connectivity index is 0.647. The van der Waals surface area contributed by atoms with Crippen molar-refractivity contribution in [2.24, 2.45) is 0 Å². The smallest absolute Gasteiger partial charge is 0.137 e. The van der Waals surface area contributed by atoms with E-state index in [2.05, 4.69) is 346 Å². The van der Waals surface area contributed by atoms with E-state index in [4.69, 9.17) is 8.83 Å². The molecule has 0 N–H and O–H groups in total. The molecule has 538 valence electrons. The van der Waals surface area contributed by atoms with Crippen molar-refractivity contribution in [2.45, 2.75) is 75.0 Å². The van der Waals surface area contributed by atoms with Gasteiger partial charge in [0.05, 0.1) is 44.1 Å². The Morgan fingerprint density at radius 1 is 0.184 bits per heavy atom. The van der Waals surface area contributed by atoms with Gasteiger partial charge in [-0.15, -0.1) is 0 Å². The van der Waals surface area contributed by atoms with E-state index < -0.39 is 0 Å². The second-order valence-corrected chi connectivity index (χ2v) is 33.2. The van der Waals surface area contributed by atoms with E-state index in [-0.39, 0.29) is 10.8 Å². The minimum absolute atomic E-state index is 0.0545. The van der Waals surface area contributed by atoms with Crippen molar-refractivity contribution in [1.29, 1.82) is 0 Å². The van der Waals surface area contributed by atoms with Crippen molar-refractivity contribution in [3.63, 3.8) is 0 Å². The first-order valence-corrected chi connectivity index (χ1v) is 41.0. The molecule has 0 amide bonds. The number of rotatable bonds is 7. The number of benzene rings is 16. The van der Waals surface area contributed by atoms with Gasteiger partial charge in [0.1, 0.15) is 22.3 Å². The maximum atomic E-state index is 6.73. The molecule has 0 bridgehead atoms. The van der Waals surface area contributed by atoms with Crippen LogP contribution in [0.3, 0.4) is 0 Å². The van der Waals surface area contributed by atoms with E-state index in [0.29, 0.717) is 0 Å². The van der Waals surface area contributed by atoms with Gasteiger partial charge in [-0.3, -0.25) is 0 Å². The summed E-state index contributed by atoms with van der Waals surface area (Å²) in [6.45, 7) is 0. The predicted molar refractivity (Wildman–Crippen MR) is 473 cm³/mol. The number of furan rings is 2. The third kappa shape index (κ3) is 8.74. The zero-order valence-corrected chi connectivity index (χ0v) is 62.9. The molecule has 6 heteroatoms. The highest BCUT2D eigenvalue weighted by atomic mass is 16.3. The van der Waals surface area contributed by atoms with Gasteiger partial charge in [0.25, 0.3) is 0 Å². The highest BCUT2D eigenvalue weighted by molar-refractivity contribution is 6.18. The molecule has 26 rings (SSSR count). The van der Waals surface area contributed by atoms with Gasteiger partial charge in [-0.2, -0.15) is 0 Å². The van der Waals surface area contributed by atoms with E-state index >= 15 is 0 Å². The Morgan fingerprint density at radius 3 is 1.03 bits per heavy atom. The molecule has 4 aliphatic rings. The van der Waals surface area contributed by atoms with Crippen LogP contribution in [0.2, 0.25) is 0 Å². The summed E-state index contributed by atoms with van der Waals surface area (Å²) in [5.41, 5.74) is 36.1. The quantitative estimate of drug-likeness (QED) is 0.160. The molecule has 6 aromatic heterocycles. The molecule has 2 fully saturated rings. The van der Waals surface area contributed by atoms with Crippen LogP contribution in [-0.2, 0) is 10.8 Å². The molecule has 2 spiro atoms. The van der Waals surface area contributed by atoms with Gasteiger partial charge < -0.3 is 27.1 Å². The number of aromatic nitrogens is 4. The van der Waals surface area contributed by atoms with Crippen LogP contribution in [0.4, 0.5) is 0 Å². The Bertz CT molecular complexity index is 7930. The fraction of sp³-hybridized carbons (Fsp3) is 0.111. The number of hydrogen-bond acceptors (Lipinski definition) is 2. The Hall–Kier alpha value is -13.7. The van der Waals surface area contributed by atoms with Crippen LogP contribution in [0, 0.1) is 0 Å². The molecule has 0 atom stereocenters. The van der Waals surface area contributed by atoms with E-state index in [1.165, 1.54) is 185 Å². The van der Waals surface area contributed by atoms with Crippen molar-refractivity contribution < 1.29 is 8.83 Å². The van der Waals surface area contributed by atoms with Crippen LogP contribution < -0.4 is 0 Å². The molecule has 0 radical (unpaired) electrons. The molecule has 4 aliphatic carbocycles. The molecule has 22 aromatic rings. The molecule has 0 aliphatic heterocycles. The lowest BCUT2D eigenvalue weighted by molar-refractivity contribution is 0.353. The van der Waals surface area contributed by atoms with Crippen molar-refractivity contribution in [1.82, 2.24) is 18.3 Å². The number of nitrogens with zero attached hydrogens (tertiary/aromatic N) is 4. The summed E-state index contributed by atoms with van der Waals surface area (Å²) in [5.74, 6) is 0. The Labute approximate surface area is 657 Å². The van der Waals surface area contributed by atoms with Gasteiger partial charge in [-0.1, -0.05) is 227 Å². The summed E-state index contributed by atoms with van der Waals surface area (Å²) >= 11 is 0. The van der Waals surface area contributed by atoms with Gasteiger partial charge in [0.15, 0.2) is 0 Å². The number of para-hydroxylation sites is 4. The summed E-state index contributed by atoms with van der Waals surface area (Å²) < 4.78 is 23.3. The largest absolute Gasteiger partial charge is 0.456 e. The lowest BCUT2D eigenvalue weighted by Gasteiger charge is -2.36. The summed E-state index contributed by atoms with van der Waals surface area (Å²) in [5, 5.41) is 14.4. The van der Waals surface area contributed by atoms with E-state index in [9.17, 15) is 0 Å². The standard InChI is InChI=1S/C108H74N4O2/c1-5-21-71(22-6-1)109-98-56-68(36-44-80(98)88-61-93-85(63-101(88)109)75-25-9-13-29-91(75)107(93)49-17-3-18-50-107)67-34-42-78-77-41-33-66(54-96(77)112(97(78)55-67)74-39-46-84-82-27-11-15-31-103(82)114-106(84)60-74)65-38-47-95-87(53-65)79-43-35-70(58-100(79)111(95)73-40-48-105-90(59-73)83-28-12-16-32-104(83)113-105)69-37-45-81-89-62-94-86(64-102(89)110(99(81)57-69)72-23-7-2-8-24-72)76-26-10-14-30-92(76)108(94)51-19-4-20-52-108/h1-2,5-16,21-48,53-64H,3-4,17-20,49-52H2. The van der Waals surface area contributed by atoms with Crippen LogP contribution in [0.5, 0.6) is 0 Å². The lowest BCUT2D eigenvalue weighted by atomic mass is 9.68. The highest BCUT2D eigenvalue weighted by Gasteiger charge is 2.46. The molecule has 2 saturated carbocycles. The first-order chi connectivity index (χ1) is 56.4. The first-order valence-electron chi connectivity index (χ1n) is 41.0. The summed E-state index contributed by atoms with van der Waals surface area (Å²) in [4.78, 5) is 0. The van der Waals surface area contributed by atoms with Gasteiger partial charge >= 0.3 is 0 Å². The van der Waals surface area contributed by atoms with Crippen LogP contribution in [0.15, 0.2) is 336 Å². The van der Waals surface area contributed by atoms with Crippen LogP contribution >= 0.6 is 0 Å². The van der Waals surface area contributed by atoms with Gasteiger partial charge in [-0.05, 0) is 237 Å². The van der Waals surface area contributed by atoms with Crippen molar-refractivity contribution in [3.05, 3.63) is 350 Å². The van der Waals surface area contributed by atoms with Crippen molar-refractivity contribution in [2.75, 3.05) is 0 Å². The molecule has 6 nitrogen and oxygen atoms in total.